The molecule has 0 aliphatic carbocycles. The Morgan fingerprint density at radius 3 is 3.06 bits per heavy atom. The molecule has 0 radical (unpaired) electrons. The van der Waals surface area contributed by atoms with Gasteiger partial charge >= 0.3 is 0 Å². The fraction of sp³-hybridized carbons (Fsp3) is 0.571. The molecular weight excluding hydrogens is 294 g/mol. The number of hydrogen-bond acceptors (Lipinski definition) is 3. The first-order chi connectivity index (χ1) is 8.70. The smallest absolute Gasteiger partial charge is 0.124 e. The van der Waals surface area contributed by atoms with Crippen molar-refractivity contribution in [2.24, 2.45) is 0 Å². The molecule has 100 valence electrons. The number of benzene rings is 1. The Labute approximate surface area is 117 Å². The van der Waals surface area contributed by atoms with Gasteiger partial charge in [0.2, 0.25) is 0 Å². The molecule has 1 aliphatic heterocycles. The lowest BCUT2D eigenvalue weighted by atomic mass is 10.1. The van der Waals surface area contributed by atoms with E-state index >= 15 is 0 Å². The summed E-state index contributed by atoms with van der Waals surface area (Å²) in [6.07, 6.45) is 1.17. The molecule has 1 aliphatic rings. The minimum atomic E-state index is 0.193. The van der Waals surface area contributed by atoms with Gasteiger partial charge in [0, 0.05) is 22.5 Å². The van der Waals surface area contributed by atoms with E-state index in [9.17, 15) is 0 Å². The van der Waals surface area contributed by atoms with Crippen molar-refractivity contribution in [1.82, 2.24) is 5.32 Å². The van der Waals surface area contributed by atoms with Gasteiger partial charge in [0.15, 0.2) is 0 Å². The highest BCUT2D eigenvalue weighted by Crippen LogP contribution is 2.30. The van der Waals surface area contributed by atoms with Gasteiger partial charge in [-0.1, -0.05) is 22.9 Å². The Hall–Kier alpha value is -0.580. The third-order valence-corrected chi connectivity index (χ3v) is 3.62. The van der Waals surface area contributed by atoms with Crippen molar-refractivity contribution in [2.75, 3.05) is 19.8 Å². The first-order valence-corrected chi connectivity index (χ1v) is 7.27. The van der Waals surface area contributed by atoms with Crippen LogP contribution in [0.15, 0.2) is 22.7 Å². The summed E-state index contributed by atoms with van der Waals surface area (Å²) in [7, 11) is 0. The van der Waals surface area contributed by atoms with Gasteiger partial charge in [-0.15, -0.1) is 0 Å². The molecule has 18 heavy (non-hydrogen) atoms. The fourth-order valence-corrected chi connectivity index (χ4v) is 2.55. The molecule has 0 aromatic heterocycles. The zero-order valence-electron chi connectivity index (χ0n) is 10.9. The summed E-state index contributed by atoms with van der Waals surface area (Å²) in [6.45, 7) is 6.72. The van der Waals surface area contributed by atoms with E-state index in [4.69, 9.17) is 9.47 Å². The number of halogens is 1. The van der Waals surface area contributed by atoms with E-state index in [0.717, 1.165) is 29.8 Å². The third kappa shape index (κ3) is 3.46. The largest absolute Gasteiger partial charge is 0.488 e. The molecule has 2 atom stereocenters. The predicted molar refractivity (Wildman–Crippen MR) is 76.1 cm³/mol. The minimum Gasteiger partial charge on any atom is -0.488 e. The quantitative estimate of drug-likeness (QED) is 0.905. The van der Waals surface area contributed by atoms with E-state index in [0.29, 0.717) is 6.61 Å². The molecule has 1 fully saturated rings. The van der Waals surface area contributed by atoms with Crippen molar-refractivity contribution < 1.29 is 9.47 Å². The van der Waals surface area contributed by atoms with Crippen molar-refractivity contribution in [2.45, 2.75) is 32.4 Å². The molecule has 0 amide bonds. The van der Waals surface area contributed by atoms with Gasteiger partial charge < -0.3 is 14.8 Å². The Kier molecular flexibility index (Phi) is 5.03. The van der Waals surface area contributed by atoms with E-state index in [1.54, 1.807) is 0 Å². The van der Waals surface area contributed by atoms with Gasteiger partial charge in [0.1, 0.15) is 11.9 Å². The maximum absolute atomic E-state index is 6.04. The summed E-state index contributed by atoms with van der Waals surface area (Å²) in [5.74, 6) is 0.960. The summed E-state index contributed by atoms with van der Waals surface area (Å²) in [5.41, 5.74) is 1.19. The molecule has 0 saturated carbocycles. The molecule has 0 spiro atoms. The van der Waals surface area contributed by atoms with Crippen molar-refractivity contribution in [3.05, 3.63) is 28.2 Å². The zero-order chi connectivity index (χ0) is 13.0. The van der Waals surface area contributed by atoms with Crippen LogP contribution in [0.25, 0.3) is 0 Å². The number of rotatable bonds is 5. The van der Waals surface area contributed by atoms with E-state index in [1.165, 1.54) is 5.56 Å². The standard InChI is InChI=1S/C14H20BrNO2/c1-3-16-10(2)13-8-11(15)4-5-14(13)18-12-6-7-17-9-12/h4-5,8,10,12,16H,3,6-7,9H2,1-2H3. The SMILES string of the molecule is CCNC(C)c1cc(Br)ccc1OC1CCOC1. The minimum absolute atomic E-state index is 0.193. The highest BCUT2D eigenvalue weighted by atomic mass is 79.9. The van der Waals surface area contributed by atoms with Crippen LogP contribution in [0.4, 0.5) is 0 Å². The lowest BCUT2D eigenvalue weighted by Gasteiger charge is -2.20. The Morgan fingerprint density at radius 1 is 1.56 bits per heavy atom. The van der Waals surface area contributed by atoms with Crippen LogP contribution in [-0.4, -0.2) is 25.9 Å². The van der Waals surface area contributed by atoms with Crippen LogP contribution in [0, 0.1) is 0 Å². The average Bonchev–Trinajstić information content (AvgIpc) is 2.84. The summed E-state index contributed by atoms with van der Waals surface area (Å²) < 4.78 is 12.5. The van der Waals surface area contributed by atoms with Gasteiger partial charge in [0.05, 0.1) is 13.2 Å². The summed E-state index contributed by atoms with van der Waals surface area (Å²) in [5, 5.41) is 3.42. The van der Waals surface area contributed by atoms with Crippen LogP contribution in [0.1, 0.15) is 31.9 Å². The van der Waals surface area contributed by atoms with Crippen LogP contribution in [-0.2, 0) is 4.74 Å². The van der Waals surface area contributed by atoms with E-state index < -0.39 is 0 Å². The lowest BCUT2D eigenvalue weighted by Crippen LogP contribution is -2.21. The van der Waals surface area contributed by atoms with E-state index in [-0.39, 0.29) is 12.1 Å². The van der Waals surface area contributed by atoms with Gasteiger partial charge in [-0.05, 0) is 31.7 Å². The second-order valence-corrected chi connectivity index (χ2v) is 5.48. The summed E-state index contributed by atoms with van der Waals surface area (Å²) in [4.78, 5) is 0. The van der Waals surface area contributed by atoms with Gasteiger partial charge in [-0.2, -0.15) is 0 Å². The molecule has 0 bridgehead atoms. The van der Waals surface area contributed by atoms with Crippen molar-refractivity contribution in [1.29, 1.82) is 0 Å². The Morgan fingerprint density at radius 2 is 2.39 bits per heavy atom. The van der Waals surface area contributed by atoms with Gasteiger partial charge in [-0.3, -0.25) is 0 Å². The normalized spacial score (nSPS) is 20.9. The highest BCUT2D eigenvalue weighted by Gasteiger charge is 2.20. The summed E-state index contributed by atoms with van der Waals surface area (Å²) in [6, 6.07) is 6.46. The third-order valence-electron chi connectivity index (χ3n) is 3.13. The lowest BCUT2D eigenvalue weighted by molar-refractivity contribution is 0.140. The molecule has 4 heteroatoms. The van der Waals surface area contributed by atoms with Crippen LogP contribution < -0.4 is 10.1 Å². The Balaban J connectivity index is 2.16. The monoisotopic (exact) mass is 313 g/mol. The number of nitrogens with one attached hydrogen (secondary N) is 1. The van der Waals surface area contributed by atoms with Crippen molar-refractivity contribution in [3.8, 4) is 5.75 Å². The fourth-order valence-electron chi connectivity index (χ4n) is 2.17. The van der Waals surface area contributed by atoms with Crippen LogP contribution in [0.5, 0.6) is 5.75 Å². The molecular formula is C14H20BrNO2. The van der Waals surface area contributed by atoms with Gasteiger partial charge in [-0.25, -0.2) is 0 Å². The van der Waals surface area contributed by atoms with Crippen molar-refractivity contribution >= 4 is 15.9 Å². The number of ether oxygens (including phenoxy) is 2. The van der Waals surface area contributed by atoms with Crippen LogP contribution in [0.3, 0.4) is 0 Å². The average molecular weight is 314 g/mol. The van der Waals surface area contributed by atoms with Crippen molar-refractivity contribution in [3.63, 3.8) is 0 Å². The molecule has 2 rings (SSSR count). The molecule has 1 heterocycles. The maximum Gasteiger partial charge on any atom is 0.124 e. The topological polar surface area (TPSA) is 30.5 Å². The molecule has 3 nitrogen and oxygen atoms in total. The second kappa shape index (κ2) is 6.55. The zero-order valence-corrected chi connectivity index (χ0v) is 12.5. The highest BCUT2D eigenvalue weighted by molar-refractivity contribution is 9.10. The maximum atomic E-state index is 6.04. The number of hydrogen-bond donors (Lipinski definition) is 1. The van der Waals surface area contributed by atoms with Crippen LogP contribution >= 0.6 is 15.9 Å². The molecule has 2 unspecified atom stereocenters. The molecule has 1 N–H and O–H groups in total. The second-order valence-electron chi connectivity index (χ2n) is 4.56. The molecule has 1 aromatic rings. The predicted octanol–water partition coefficient (Wildman–Crippen LogP) is 3.29. The summed E-state index contributed by atoms with van der Waals surface area (Å²) >= 11 is 3.52. The first-order valence-electron chi connectivity index (χ1n) is 6.48. The van der Waals surface area contributed by atoms with E-state index in [2.05, 4.69) is 41.2 Å². The Bertz CT molecular complexity index is 391. The van der Waals surface area contributed by atoms with Crippen LogP contribution in [0.2, 0.25) is 0 Å². The molecule has 1 saturated heterocycles. The van der Waals surface area contributed by atoms with Gasteiger partial charge in [0.25, 0.3) is 0 Å². The van der Waals surface area contributed by atoms with E-state index in [1.807, 2.05) is 12.1 Å². The molecule has 1 aromatic carbocycles. The first kappa shape index (κ1) is 13.8.